The minimum atomic E-state index is -0.558. The van der Waals surface area contributed by atoms with Crippen molar-refractivity contribution in [3.05, 3.63) is 89.3 Å². The molecule has 0 aliphatic heterocycles. The lowest BCUT2D eigenvalue weighted by Crippen LogP contribution is -2.32. The van der Waals surface area contributed by atoms with Gasteiger partial charge in [-0.2, -0.15) is 0 Å². The number of hydrogen-bond donors (Lipinski definition) is 3. The first kappa shape index (κ1) is 20.5. The summed E-state index contributed by atoms with van der Waals surface area (Å²) in [7, 11) is 0. The van der Waals surface area contributed by atoms with E-state index in [9.17, 15) is 9.59 Å². The Morgan fingerprint density at radius 2 is 1.76 bits per heavy atom. The molecule has 0 saturated heterocycles. The van der Waals surface area contributed by atoms with E-state index < -0.39 is 11.9 Å². The fraction of sp³-hybridized carbons (Fsp3) is 0.0500. The summed E-state index contributed by atoms with van der Waals surface area (Å²) in [6, 6.07) is 18.9. The molecule has 0 atom stereocenters. The number of nitrogens with one attached hydrogen (secondary N) is 3. The fourth-order valence-corrected chi connectivity index (χ4v) is 3.08. The third kappa shape index (κ3) is 6.70. The number of amides is 3. The third-order valence-electron chi connectivity index (χ3n) is 3.54. The second kappa shape index (κ2) is 10.4. The van der Waals surface area contributed by atoms with E-state index in [1.165, 1.54) is 24.1 Å². The second-order valence-electron chi connectivity index (χ2n) is 5.70. The highest BCUT2D eigenvalue weighted by molar-refractivity contribution is 8.13. The number of hydrazone groups is 1. The summed E-state index contributed by atoms with van der Waals surface area (Å²) >= 11 is 7.09. The SMILES string of the molecule is O=C(N/N=C(\NC(=O)c1ccco1)SCc1ccccc1)Nc1ccc(Cl)cc1. The van der Waals surface area contributed by atoms with Gasteiger partial charge in [-0.15, -0.1) is 5.10 Å². The molecule has 9 heteroatoms. The number of furan rings is 1. The fourth-order valence-electron chi connectivity index (χ4n) is 2.18. The van der Waals surface area contributed by atoms with Gasteiger partial charge >= 0.3 is 6.03 Å². The highest BCUT2D eigenvalue weighted by atomic mass is 35.5. The van der Waals surface area contributed by atoms with Crippen LogP contribution >= 0.6 is 23.4 Å². The van der Waals surface area contributed by atoms with Gasteiger partial charge in [-0.3, -0.25) is 10.1 Å². The van der Waals surface area contributed by atoms with Crippen molar-refractivity contribution in [2.75, 3.05) is 5.32 Å². The van der Waals surface area contributed by atoms with Gasteiger partial charge in [0.2, 0.25) is 0 Å². The van der Waals surface area contributed by atoms with Gasteiger partial charge in [-0.25, -0.2) is 10.2 Å². The van der Waals surface area contributed by atoms with Gasteiger partial charge in [-0.05, 0) is 42.0 Å². The molecule has 1 aromatic heterocycles. The smallest absolute Gasteiger partial charge is 0.339 e. The molecule has 0 aliphatic carbocycles. The van der Waals surface area contributed by atoms with Crippen molar-refractivity contribution >= 4 is 46.2 Å². The zero-order valence-electron chi connectivity index (χ0n) is 15.1. The van der Waals surface area contributed by atoms with Crippen LogP contribution in [0.3, 0.4) is 0 Å². The lowest BCUT2D eigenvalue weighted by atomic mass is 10.2. The Bertz CT molecular complexity index is 977. The summed E-state index contributed by atoms with van der Waals surface area (Å²) in [5.74, 6) is 0.233. The minimum absolute atomic E-state index is 0.142. The van der Waals surface area contributed by atoms with Crippen molar-refractivity contribution < 1.29 is 14.0 Å². The summed E-state index contributed by atoms with van der Waals surface area (Å²) in [6.45, 7) is 0. The molecule has 0 spiro atoms. The Balaban J connectivity index is 1.64. The van der Waals surface area contributed by atoms with Crippen molar-refractivity contribution in [3.8, 4) is 0 Å². The third-order valence-corrected chi connectivity index (χ3v) is 4.74. The van der Waals surface area contributed by atoms with Crippen molar-refractivity contribution in [3.63, 3.8) is 0 Å². The predicted molar refractivity (Wildman–Crippen MR) is 115 cm³/mol. The first-order valence-electron chi connectivity index (χ1n) is 8.52. The van der Waals surface area contributed by atoms with Crippen molar-refractivity contribution in [1.82, 2.24) is 10.7 Å². The zero-order valence-corrected chi connectivity index (χ0v) is 16.7. The van der Waals surface area contributed by atoms with Crippen molar-refractivity contribution in [1.29, 1.82) is 0 Å². The first-order chi connectivity index (χ1) is 14.1. The molecule has 0 bridgehead atoms. The standard InChI is InChI=1S/C20H17ClN4O3S/c21-15-8-10-16(11-9-15)22-19(27)24-25-20(23-18(26)17-7-4-12-28-17)29-13-14-5-2-1-3-6-14/h1-12H,13H2,(H2,22,24,27)(H,23,25,26). The van der Waals surface area contributed by atoms with Gasteiger partial charge in [-0.1, -0.05) is 53.7 Å². The highest BCUT2D eigenvalue weighted by Gasteiger charge is 2.13. The number of amidine groups is 1. The van der Waals surface area contributed by atoms with Gasteiger partial charge in [0, 0.05) is 16.5 Å². The number of anilines is 1. The molecule has 3 amide bonds. The number of carbonyl (C=O) groups excluding carboxylic acids is 2. The molecule has 0 fully saturated rings. The molecular formula is C20H17ClN4O3S. The van der Waals surface area contributed by atoms with E-state index in [0.717, 1.165) is 5.56 Å². The average molecular weight is 429 g/mol. The van der Waals surface area contributed by atoms with E-state index in [1.54, 1.807) is 30.3 Å². The van der Waals surface area contributed by atoms with Crippen LogP contribution in [0, 0.1) is 0 Å². The van der Waals surface area contributed by atoms with E-state index in [2.05, 4.69) is 21.2 Å². The summed E-state index contributed by atoms with van der Waals surface area (Å²) in [4.78, 5) is 24.3. The van der Waals surface area contributed by atoms with E-state index in [1.807, 2.05) is 30.3 Å². The van der Waals surface area contributed by atoms with Crippen LogP contribution in [0.4, 0.5) is 10.5 Å². The maximum absolute atomic E-state index is 12.3. The van der Waals surface area contributed by atoms with Crippen LogP contribution in [0.15, 0.2) is 82.5 Å². The Morgan fingerprint density at radius 1 is 1.00 bits per heavy atom. The van der Waals surface area contributed by atoms with Crippen LogP contribution in [0.5, 0.6) is 0 Å². The lowest BCUT2D eigenvalue weighted by Gasteiger charge is -2.09. The second-order valence-corrected chi connectivity index (χ2v) is 7.10. The van der Waals surface area contributed by atoms with E-state index in [-0.39, 0.29) is 10.9 Å². The molecule has 0 unspecified atom stereocenters. The number of thioether (sulfide) groups is 1. The van der Waals surface area contributed by atoms with Gasteiger partial charge in [0.1, 0.15) is 0 Å². The van der Waals surface area contributed by atoms with E-state index >= 15 is 0 Å². The number of urea groups is 1. The summed E-state index contributed by atoms with van der Waals surface area (Å²) < 4.78 is 5.09. The molecular weight excluding hydrogens is 412 g/mol. The number of rotatable bonds is 5. The number of hydrogen-bond acceptors (Lipinski definition) is 5. The van der Waals surface area contributed by atoms with Gasteiger partial charge in [0.05, 0.1) is 6.26 Å². The van der Waals surface area contributed by atoms with Crippen LogP contribution < -0.4 is 16.1 Å². The minimum Gasteiger partial charge on any atom is -0.459 e. The molecule has 3 N–H and O–H groups in total. The van der Waals surface area contributed by atoms with Gasteiger partial charge in [0.15, 0.2) is 10.9 Å². The Kier molecular flexibility index (Phi) is 7.32. The van der Waals surface area contributed by atoms with Crippen LogP contribution in [-0.4, -0.2) is 17.1 Å². The number of nitrogens with zero attached hydrogens (tertiary/aromatic N) is 1. The first-order valence-corrected chi connectivity index (χ1v) is 9.88. The molecule has 3 aromatic rings. The molecule has 1 heterocycles. The zero-order chi connectivity index (χ0) is 20.5. The molecule has 2 aromatic carbocycles. The predicted octanol–water partition coefficient (Wildman–Crippen LogP) is 4.69. The van der Waals surface area contributed by atoms with Gasteiger partial charge < -0.3 is 9.73 Å². The maximum atomic E-state index is 12.3. The normalized spacial score (nSPS) is 11.0. The van der Waals surface area contributed by atoms with E-state index in [4.69, 9.17) is 16.0 Å². The number of carbonyl (C=O) groups is 2. The Hall–Kier alpha value is -3.23. The Morgan fingerprint density at radius 3 is 2.45 bits per heavy atom. The average Bonchev–Trinajstić information content (AvgIpc) is 3.27. The van der Waals surface area contributed by atoms with Crippen LogP contribution in [0.25, 0.3) is 0 Å². The maximum Gasteiger partial charge on any atom is 0.339 e. The molecule has 0 radical (unpaired) electrons. The monoisotopic (exact) mass is 428 g/mol. The molecule has 148 valence electrons. The topological polar surface area (TPSA) is 95.7 Å². The largest absolute Gasteiger partial charge is 0.459 e. The van der Waals surface area contributed by atoms with Crippen LogP contribution in [0.1, 0.15) is 16.1 Å². The van der Waals surface area contributed by atoms with Crippen molar-refractivity contribution in [2.24, 2.45) is 5.10 Å². The highest BCUT2D eigenvalue weighted by Crippen LogP contribution is 2.14. The van der Waals surface area contributed by atoms with Crippen LogP contribution in [0.2, 0.25) is 5.02 Å². The molecule has 3 rings (SSSR count). The molecule has 0 saturated carbocycles. The molecule has 29 heavy (non-hydrogen) atoms. The lowest BCUT2D eigenvalue weighted by molar-refractivity contribution is 0.0950. The quantitative estimate of drug-likeness (QED) is 0.312. The molecule has 0 aliphatic rings. The number of benzene rings is 2. The summed E-state index contributed by atoms with van der Waals surface area (Å²) in [5.41, 5.74) is 3.97. The number of halogens is 1. The molecule has 7 nitrogen and oxygen atoms in total. The summed E-state index contributed by atoms with van der Waals surface area (Å²) in [5, 5.41) is 10.1. The van der Waals surface area contributed by atoms with Crippen molar-refractivity contribution in [2.45, 2.75) is 5.75 Å². The van der Waals surface area contributed by atoms with Crippen LogP contribution in [-0.2, 0) is 5.75 Å². The Labute approximate surface area is 176 Å². The van der Waals surface area contributed by atoms with E-state index in [0.29, 0.717) is 16.5 Å². The van der Waals surface area contributed by atoms with Gasteiger partial charge in [0.25, 0.3) is 5.91 Å². The summed E-state index contributed by atoms with van der Waals surface area (Å²) in [6.07, 6.45) is 1.40.